The smallest absolute Gasteiger partial charge is 0.188 e. The summed E-state index contributed by atoms with van der Waals surface area (Å²) >= 11 is 0. The molecule has 4 rings (SSSR count). The van der Waals surface area contributed by atoms with E-state index in [0.29, 0.717) is 33.6 Å². The molecule has 0 aliphatic heterocycles. The lowest BCUT2D eigenvalue weighted by Gasteiger charge is -2.07. The Morgan fingerprint density at radius 1 is 0.545 bits per heavy atom. The van der Waals surface area contributed by atoms with Crippen LogP contribution < -0.4 is 4.74 Å². The predicted octanol–water partition coefficient (Wildman–Crippen LogP) is 7.41. The highest BCUT2D eigenvalue weighted by atomic mass is 35.5. The fourth-order valence-electron chi connectivity index (χ4n) is 3.88. The summed E-state index contributed by atoms with van der Waals surface area (Å²) in [6, 6.07) is 35.0. The molecule has 8 nitrogen and oxygen atoms in total. The molecule has 0 aliphatic rings. The van der Waals surface area contributed by atoms with Crippen LogP contribution in [0.25, 0.3) is 22.3 Å². The molecule has 218 valence electrons. The fourth-order valence-corrected chi connectivity index (χ4v) is 3.88. The van der Waals surface area contributed by atoms with Crippen molar-refractivity contribution in [1.29, 1.82) is 21.0 Å². The molecule has 9 heteroatoms. The first-order valence-electron chi connectivity index (χ1n) is 12.8. The number of aromatic hydroxyl groups is 2. The first-order chi connectivity index (χ1) is 20.8. The van der Waals surface area contributed by atoms with Gasteiger partial charge in [0.15, 0.2) is 6.79 Å². The zero-order chi connectivity index (χ0) is 31.2. The Hall–Kier alpha value is -6.03. The molecule has 0 heterocycles. The van der Waals surface area contributed by atoms with E-state index in [1.54, 1.807) is 55.6 Å². The number of phenolic OH excluding ortho intramolecular Hbond substituents is 2. The number of hydrogen-bond acceptors (Lipinski definition) is 8. The molecule has 4 aromatic rings. The van der Waals surface area contributed by atoms with E-state index in [1.165, 1.54) is 24.3 Å². The van der Waals surface area contributed by atoms with Crippen LogP contribution in [0.5, 0.6) is 17.2 Å². The van der Waals surface area contributed by atoms with Crippen LogP contribution >= 0.6 is 12.4 Å². The summed E-state index contributed by atoms with van der Waals surface area (Å²) in [4.78, 5) is 0. The number of nitrogens with zero attached hydrogens (tertiary/aromatic N) is 4. The van der Waals surface area contributed by atoms with E-state index in [-0.39, 0.29) is 41.8 Å². The zero-order valence-electron chi connectivity index (χ0n) is 23.9. The lowest BCUT2D eigenvalue weighted by Crippen LogP contribution is -1.98. The Balaban J connectivity index is 0.000000303. The van der Waals surface area contributed by atoms with Crippen molar-refractivity contribution in [2.45, 2.75) is 6.92 Å². The fraction of sp³-hybridized carbons (Fsp3) is 0.0857. The largest absolute Gasteiger partial charge is 0.508 e. The van der Waals surface area contributed by atoms with E-state index in [1.807, 2.05) is 43.3 Å². The number of hydrogen-bond donors (Lipinski definition) is 2. The Bertz CT molecular complexity index is 1720. The van der Waals surface area contributed by atoms with Gasteiger partial charge in [0.05, 0.1) is 22.3 Å². The highest BCUT2D eigenvalue weighted by Gasteiger charge is 2.13. The Morgan fingerprint density at radius 2 is 0.841 bits per heavy atom. The second-order valence-electron chi connectivity index (χ2n) is 8.98. The van der Waals surface area contributed by atoms with E-state index in [9.17, 15) is 31.3 Å². The van der Waals surface area contributed by atoms with Gasteiger partial charge in [-0.2, -0.15) is 21.0 Å². The Labute approximate surface area is 262 Å². The van der Waals surface area contributed by atoms with Crippen LogP contribution in [0, 0.1) is 52.2 Å². The molecule has 4 aromatic carbocycles. The molecule has 0 radical (unpaired) electrons. The van der Waals surface area contributed by atoms with Gasteiger partial charge >= 0.3 is 0 Å². The SMILES string of the molecule is COCOc1ccc(/C(C#N)=C(\C#N)c2ccc(C)cc2)cc1.Cl.N#C/C(=C(/C#N)c1ccc(O)cc1)c1ccc(O)cc1. The van der Waals surface area contributed by atoms with Crippen molar-refractivity contribution in [3.05, 3.63) is 125 Å². The van der Waals surface area contributed by atoms with Crippen molar-refractivity contribution in [3.8, 4) is 41.5 Å². The average molecular weight is 603 g/mol. The molecule has 0 aliphatic carbocycles. The van der Waals surface area contributed by atoms with E-state index in [4.69, 9.17) is 9.47 Å². The summed E-state index contributed by atoms with van der Waals surface area (Å²) in [7, 11) is 1.55. The highest BCUT2D eigenvalue weighted by molar-refractivity contribution is 6.03. The topological polar surface area (TPSA) is 154 Å². The van der Waals surface area contributed by atoms with Crippen molar-refractivity contribution >= 4 is 34.7 Å². The molecule has 0 saturated carbocycles. The van der Waals surface area contributed by atoms with Crippen molar-refractivity contribution in [2.75, 3.05) is 13.9 Å². The van der Waals surface area contributed by atoms with E-state index in [2.05, 4.69) is 12.1 Å². The number of allylic oxidation sites excluding steroid dienone is 4. The maximum absolute atomic E-state index is 9.50. The molecular formula is C35H27ClN4O4. The number of rotatable bonds is 7. The van der Waals surface area contributed by atoms with Crippen molar-refractivity contribution in [2.24, 2.45) is 0 Å². The minimum absolute atomic E-state index is 0. The van der Waals surface area contributed by atoms with Gasteiger partial charge in [-0.05, 0) is 102 Å². The summed E-state index contributed by atoms with van der Waals surface area (Å²) in [6.07, 6.45) is 0. The minimum Gasteiger partial charge on any atom is -0.508 e. The van der Waals surface area contributed by atoms with Crippen LogP contribution in [0.3, 0.4) is 0 Å². The molecule has 2 N–H and O–H groups in total. The van der Waals surface area contributed by atoms with Gasteiger partial charge in [-0.15, -0.1) is 12.4 Å². The molecule has 0 unspecified atom stereocenters. The Morgan fingerprint density at radius 3 is 1.14 bits per heavy atom. The van der Waals surface area contributed by atoms with Crippen LogP contribution in [-0.2, 0) is 4.74 Å². The van der Waals surface area contributed by atoms with Gasteiger partial charge < -0.3 is 19.7 Å². The number of benzene rings is 4. The number of ether oxygens (including phenoxy) is 2. The van der Waals surface area contributed by atoms with Gasteiger partial charge in [0.2, 0.25) is 0 Å². The van der Waals surface area contributed by atoms with E-state index >= 15 is 0 Å². The molecule has 0 atom stereocenters. The monoisotopic (exact) mass is 602 g/mol. The molecule has 0 fully saturated rings. The molecule has 0 amide bonds. The predicted molar refractivity (Wildman–Crippen MR) is 170 cm³/mol. The second-order valence-corrected chi connectivity index (χ2v) is 8.98. The summed E-state index contributed by atoms with van der Waals surface area (Å²) in [5, 5.41) is 56.1. The lowest BCUT2D eigenvalue weighted by molar-refractivity contribution is 0.0511. The third kappa shape index (κ3) is 8.98. The quantitative estimate of drug-likeness (QED) is 0.126. The number of halogens is 1. The average Bonchev–Trinajstić information content (AvgIpc) is 3.04. The van der Waals surface area contributed by atoms with Crippen molar-refractivity contribution < 1.29 is 19.7 Å². The maximum atomic E-state index is 9.50. The maximum Gasteiger partial charge on any atom is 0.188 e. The van der Waals surface area contributed by atoms with E-state index < -0.39 is 0 Å². The van der Waals surface area contributed by atoms with Gasteiger partial charge in [-0.25, -0.2) is 0 Å². The molecule has 0 aromatic heterocycles. The molecule has 44 heavy (non-hydrogen) atoms. The van der Waals surface area contributed by atoms with Gasteiger partial charge in [-0.1, -0.05) is 29.8 Å². The normalized spacial score (nSPS) is 10.9. The summed E-state index contributed by atoms with van der Waals surface area (Å²) in [6.45, 7) is 2.14. The van der Waals surface area contributed by atoms with Crippen LogP contribution in [-0.4, -0.2) is 24.1 Å². The van der Waals surface area contributed by atoms with Crippen LogP contribution in [0.15, 0.2) is 97.1 Å². The Kier molecular flexibility index (Phi) is 13.2. The third-order valence-electron chi connectivity index (χ3n) is 6.09. The van der Waals surface area contributed by atoms with Crippen molar-refractivity contribution in [1.82, 2.24) is 0 Å². The zero-order valence-corrected chi connectivity index (χ0v) is 24.7. The van der Waals surface area contributed by atoms with Crippen LogP contribution in [0.2, 0.25) is 0 Å². The molecule has 0 saturated heterocycles. The first kappa shape index (κ1) is 34.2. The number of phenols is 2. The van der Waals surface area contributed by atoms with Gasteiger partial charge in [0.25, 0.3) is 0 Å². The first-order valence-corrected chi connectivity index (χ1v) is 12.8. The second kappa shape index (κ2) is 17.0. The number of nitriles is 4. The number of methoxy groups -OCH3 is 1. The van der Waals surface area contributed by atoms with E-state index in [0.717, 1.165) is 11.1 Å². The summed E-state index contributed by atoms with van der Waals surface area (Å²) in [5.74, 6) is 0.824. The molecule has 0 spiro atoms. The van der Waals surface area contributed by atoms with Gasteiger partial charge in [0, 0.05) is 7.11 Å². The lowest BCUT2D eigenvalue weighted by atomic mass is 9.96. The van der Waals surface area contributed by atoms with Gasteiger partial charge in [0.1, 0.15) is 41.5 Å². The summed E-state index contributed by atoms with van der Waals surface area (Å²) < 4.78 is 10.2. The molecular weight excluding hydrogens is 576 g/mol. The third-order valence-corrected chi connectivity index (χ3v) is 6.09. The van der Waals surface area contributed by atoms with Crippen LogP contribution in [0.1, 0.15) is 27.8 Å². The van der Waals surface area contributed by atoms with Gasteiger partial charge in [-0.3, -0.25) is 0 Å². The van der Waals surface area contributed by atoms with Crippen LogP contribution in [0.4, 0.5) is 0 Å². The standard InChI is InChI=1S/C19H16N2O2.C16H10N2O2.ClH/c1-14-3-5-15(6-4-14)18(11-20)19(12-21)16-7-9-17(10-8-16)23-13-22-2;17-9-15(11-1-5-13(19)6-2-11)16(10-18)12-3-7-14(20)8-4-12;/h3-10H,13H2,1-2H3;1-8,19-20H;1H/b19-18+;16-15+;. The summed E-state index contributed by atoms with van der Waals surface area (Å²) in [5.41, 5.74) is 4.75. The highest BCUT2D eigenvalue weighted by Crippen LogP contribution is 2.29. The minimum atomic E-state index is 0. The number of aryl methyl sites for hydroxylation is 1. The molecule has 0 bridgehead atoms. The van der Waals surface area contributed by atoms with Crippen molar-refractivity contribution in [3.63, 3.8) is 0 Å².